The van der Waals surface area contributed by atoms with Crippen molar-refractivity contribution in [3.05, 3.63) is 87.3 Å². The van der Waals surface area contributed by atoms with Gasteiger partial charge in [0, 0.05) is 17.8 Å². The third kappa shape index (κ3) is 4.91. The second-order valence-electron chi connectivity index (χ2n) is 8.15. The van der Waals surface area contributed by atoms with Gasteiger partial charge in [0.1, 0.15) is 17.9 Å². The molecule has 0 aliphatic carbocycles. The smallest absolute Gasteiger partial charge is 0.264 e. The molecule has 0 aliphatic rings. The summed E-state index contributed by atoms with van der Waals surface area (Å²) in [6.45, 7) is 5.80. The molecule has 0 aliphatic heterocycles. The molecule has 4 aromatic rings. The van der Waals surface area contributed by atoms with Crippen LogP contribution in [0, 0.1) is 20.8 Å². The van der Waals surface area contributed by atoms with E-state index in [9.17, 15) is 9.59 Å². The first-order valence-electron chi connectivity index (χ1n) is 10.9. The number of nitrogens with zero attached hydrogens (tertiary/aromatic N) is 3. The van der Waals surface area contributed by atoms with Crippen LogP contribution in [-0.4, -0.2) is 27.7 Å². The molecule has 8 nitrogen and oxygen atoms in total. The van der Waals surface area contributed by atoms with Crippen LogP contribution in [0.3, 0.4) is 0 Å². The number of aromatic nitrogens is 3. The standard InChI is InChI=1S/C26H26N4O4/c1-16-8-10-20(11-9-16)24-28-25(34-29-24)23-17(2)12-18(3)30(26(23)32)15-22(31)27-14-19-6-5-7-21(13-19)33-4/h5-13H,14-15H2,1-4H3,(H,27,31). The monoisotopic (exact) mass is 458 g/mol. The molecule has 0 radical (unpaired) electrons. The highest BCUT2D eigenvalue weighted by Gasteiger charge is 2.20. The van der Waals surface area contributed by atoms with E-state index in [0.29, 0.717) is 29.4 Å². The van der Waals surface area contributed by atoms with Gasteiger partial charge in [0.05, 0.1) is 7.11 Å². The van der Waals surface area contributed by atoms with Crippen LogP contribution in [-0.2, 0) is 17.9 Å². The van der Waals surface area contributed by atoms with Crippen molar-refractivity contribution in [3.63, 3.8) is 0 Å². The number of pyridine rings is 1. The fourth-order valence-electron chi connectivity index (χ4n) is 3.71. The van der Waals surface area contributed by atoms with Crippen molar-refractivity contribution >= 4 is 5.91 Å². The number of hydrogen-bond acceptors (Lipinski definition) is 6. The molecule has 1 amide bonds. The highest BCUT2D eigenvalue weighted by molar-refractivity contribution is 5.76. The number of amides is 1. The average molecular weight is 459 g/mol. The minimum Gasteiger partial charge on any atom is -0.497 e. The van der Waals surface area contributed by atoms with E-state index >= 15 is 0 Å². The van der Waals surface area contributed by atoms with Gasteiger partial charge in [0.15, 0.2) is 0 Å². The van der Waals surface area contributed by atoms with Gasteiger partial charge in [0.25, 0.3) is 11.4 Å². The van der Waals surface area contributed by atoms with Crippen LogP contribution < -0.4 is 15.6 Å². The van der Waals surface area contributed by atoms with Crippen LogP contribution in [0.1, 0.15) is 22.4 Å². The summed E-state index contributed by atoms with van der Waals surface area (Å²) >= 11 is 0. The molecule has 2 aromatic carbocycles. The third-order valence-corrected chi connectivity index (χ3v) is 5.58. The minimum absolute atomic E-state index is 0.124. The Morgan fingerprint density at radius 3 is 2.59 bits per heavy atom. The van der Waals surface area contributed by atoms with Gasteiger partial charge < -0.3 is 19.1 Å². The highest BCUT2D eigenvalue weighted by Crippen LogP contribution is 2.23. The van der Waals surface area contributed by atoms with E-state index in [-0.39, 0.29) is 29.5 Å². The zero-order chi connectivity index (χ0) is 24.2. The first kappa shape index (κ1) is 23.0. The van der Waals surface area contributed by atoms with Crippen LogP contribution in [0.25, 0.3) is 22.8 Å². The normalized spacial score (nSPS) is 10.8. The molecule has 174 valence electrons. The number of methoxy groups -OCH3 is 1. The average Bonchev–Trinajstić information content (AvgIpc) is 3.30. The molecule has 2 aromatic heterocycles. The molecule has 0 saturated heterocycles. The summed E-state index contributed by atoms with van der Waals surface area (Å²) in [6, 6.07) is 17.0. The van der Waals surface area contributed by atoms with E-state index in [1.165, 1.54) is 4.57 Å². The minimum atomic E-state index is -0.354. The number of carbonyl (C=O) groups is 1. The molecule has 1 N–H and O–H groups in total. The van der Waals surface area contributed by atoms with E-state index in [1.807, 2.05) is 68.4 Å². The third-order valence-electron chi connectivity index (χ3n) is 5.58. The van der Waals surface area contributed by atoms with Gasteiger partial charge >= 0.3 is 0 Å². The summed E-state index contributed by atoms with van der Waals surface area (Å²) in [5, 5.41) is 6.89. The molecule has 0 bridgehead atoms. The highest BCUT2D eigenvalue weighted by atomic mass is 16.5. The van der Waals surface area contributed by atoms with E-state index in [1.54, 1.807) is 14.0 Å². The van der Waals surface area contributed by atoms with Crippen LogP contribution in [0.5, 0.6) is 5.75 Å². The topological polar surface area (TPSA) is 99.2 Å². The lowest BCUT2D eigenvalue weighted by atomic mass is 10.1. The summed E-state index contributed by atoms with van der Waals surface area (Å²) in [5.74, 6) is 0.959. The van der Waals surface area contributed by atoms with Crippen molar-refractivity contribution < 1.29 is 14.1 Å². The largest absolute Gasteiger partial charge is 0.497 e. The Balaban J connectivity index is 1.56. The molecular weight excluding hydrogens is 432 g/mol. The maximum atomic E-state index is 13.3. The Kier molecular flexibility index (Phi) is 6.58. The number of carbonyl (C=O) groups excluding carboxylic acids is 1. The lowest BCUT2D eigenvalue weighted by molar-refractivity contribution is -0.121. The number of nitrogens with one attached hydrogen (secondary N) is 1. The number of aryl methyl sites for hydroxylation is 3. The predicted octanol–water partition coefficient (Wildman–Crippen LogP) is 3.82. The molecule has 0 saturated carbocycles. The maximum Gasteiger partial charge on any atom is 0.264 e. The van der Waals surface area contributed by atoms with Crippen LogP contribution in [0.15, 0.2) is 63.9 Å². The van der Waals surface area contributed by atoms with Crippen molar-refractivity contribution in [1.82, 2.24) is 20.0 Å². The summed E-state index contributed by atoms with van der Waals surface area (Å²) in [6.07, 6.45) is 0. The number of hydrogen-bond donors (Lipinski definition) is 1. The van der Waals surface area contributed by atoms with Gasteiger partial charge in [-0.1, -0.05) is 47.1 Å². The molecular formula is C26H26N4O4. The molecule has 0 fully saturated rings. The zero-order valence-corrected chi connectivity index (χ0v) is 19.6. The Morgan fingerprint density at radius 2 is 1.85 bits per heavy atom. The Morgan fingerprint density at radius 1 is 1.09 bits per heavy atom. The molecule has 0 unspecified atom stereocenters. The molecule has 0 spiro atoms. The molecule has 8 heteroatoms. The summed E-state index contributed by atoms with van der Waals surface area (Å²) in [5.41, 5.74) is 4.12. The van der Waals surface area contributed by atoms with Gasteiger partial charge in [-0.05, 0) is 50.1 Å². The number of benzene rings is 2. The van der Waals surface area contributed by atoms with Crippen molar-refractivity contribution in [2.75, 3.05) is 7.11 Å². The Hall–Kier alpha value is -4.20. The summed E-state index contributed by atoms with van der Waals surface area (Å²) in [7, 11) is 1.59. The van der Waals surface area contributed by atoms with Crippen LogP contribution >= 0.6 is 0 Å². The van der Waals surface area contributed by atoms with E-state index in [2.05, 4.69) is 15.5 Å². The number of rotatable bonds is 7. The fourth-order valence-corrected chi connectivity index (χ4v) is 3.71. The van der Waals surface area contributed by atoms with Crippen molar-refractivity contribution in [1.29, 1.82) is 0 Å². The quantitative estimate of drug-likeness (QED) is 0.452. The van der Waals surface area contributed by atoms with E-state index in [4.69, 9.17) is 9.26 Å². The van der Waals surface area contributed by atoms with Crippen molar-refractivity contribution in [2.45, 2.75) is 33.9 Å². The van der Waals surface area contributed by atoms with Gasteiger partial charge in [-0.3, -0.25) is 9.59 Å². The molecule has 34 heavy (non-hydrogen) atoms. The Labute approximate surface area is 197 Å². The second kappa shape index (κ2) is 9.74. The summed E-state index contributed by atoms with van der Waals surface area (Å²) < 4.78 is 12.1. The summed E-state index contributed by atoms with van der Waals surface area (Å²) in [4.78, 5) is 30.4. The maximum absolute atomic E-state index is 13.3. The van der Waals surface area contributed by atoms with Crippen molar-refractivity contribution in [2.24, 2.45) is 0 Å². The second-order valence-corrected chi connectivity index (χ2v) is 8.15. The van der Waals surface area contributed by atoms with Gasteiger partial charge in [-0.25, -0.2) is 0 Å². The Bertz CT molecular complexity index is 1390. The van der Waals surface area contributed by atoms with Crippen molar-refractivity contribution in [3.8, 4) is 28.6 Å². The van der Waals surface area contributed by atoms with Gasteiger partial charge in [-0.15, -0.1) is 0 Å². The first-order chi connectivity index (χ1) is 16.4. The van der Waals surface area contributed by atoms with Gasteiger partial charge in [-0.2, -0.15) is 4.98 Å². The molecule has 0 atom stereocenters. The lowest BCUT2D eigenvalue weighted by Gasteiger charge is -2.13. The SMILES string of the molecule is COc1cccc(CNC(=O)Cn2c(C)cc(C)c(-c3nc(-c4ccc(C)cc4)no3)c2=O)c1. The van der Waals surface area contributed by atoms with Crippen LogP contribution in [0.2, 0.25) is 0 Å². The molecule has 2 heterocycles. The number of ether oxygens (including phenoxy) is 1. The van der Waals surface area contributed by atoms with E-state index in [0.717, 1.165) is 16.7 Å². The van der Waals surface area contributed by atoms with Gasteiger partial charge in [0.2, 0.25) is 11.7 Å². The fraction of sp³-hybridized carbons (Fsp3) is 0.231. The predicted molar refractivity (Wildman–Crippen MR) is 128 cm³/mol. The lowest BCUT2D eigenvalue weighted by Crippen LogP contribution is -2.34. The zero-order valence-electron chi connectivity index (χ0n) is 19.6. The van der Waals surface area contributed by atoms with Crippen LogP contribution in [0.4, 0.5) is 0 Å². The first-order valence-corrected chi connectivity index (χ1v) is 10.9. The van der Waals surface area contributed by atoms with E-state index < -0.39 is 0 Å². The molecule has 4 rings (SSSR count).